The Bertz CT molecular complexity index is 5630. The number of imidazole rings is 2. The van der Waals surface area contributed by atoms with E-state index in [1.807, 2.05) is 42.7 Å². The first-order valence-electron chi connectivity index (χ1n) is 38.6. The van der Waals surface area contributed by atoms with E-state index in [0.29, 0.717) is 11.1 Å². The van der Waals surface area contributed by atoms with Gasteiger partial charge in [0.1, 0.15) is 43.2 Å². The number of hydrogen-bond acceptors (Lipinski definition) is 39. The molecule has 0 aliphatic carbocycles. The van der Waals surface area contributed by atoms with Crippen LogP contribution in [0.1, 0.15) is 112 Å². The Morgan fingerprint density at radius 1 is 0.597 bits per heavy atom. The highest BCUT2D eigenvalue weighted by Gasteiger charge is 2.53. The molecular formula is C72H84F2N26O23P4S2. The minimum atomic E-state index is -3.96. The van der Waals surface area contributed by atoms with Gasteiger partial charge in [-0.25, -0.2) is 43.7 Å². The molecule has 13 heterocycles. The van der Waals surface area contributed by atoms with Crippen molar-refractivity contribution in [3.05, 3.63) is 148 Å². The first-order valence-corrected chi connectivity index (χ1v) is 45.2. The molecule has 16 atom stereocenters. The molecule has 49 nitrogen and oxygen atoms in total. The van der Waals surface area contributed by atoms with E-state index in [4.69, 9.17) is 93.9 Å². The van der Waals surface area contributed by atoms with Crippen LogP contribution in [0, 0.1) is 34.5 Å². The second-order valence-electron chi connectivity index (χ2n) is 28.1. The summed E-state index contributed by atoms with van der Waals surface area (Å²) in [7, 11) is -2.17. The summed E-state index contributed by atoms with van der Waals surface area (Å²) in [6, 6.07) is 26.5. The van der Waals surface area contributed by atoms with Crippen molar-refractivity contribution in [3.8, 4) is 12.1 Å². The highest BCUT2D eigenvalue weighted by atomic mass is 32.5. The second-order valence-corrected chi connectivity index (χ2v) is 34.3. The second kappa shape index (κ2) is 46.9. The summed E-state index contributed by atoms with van der Waals surface area (Å²) < 4.78 is 114. The molecule has 2 unspecified atom stereocenters. The number of rotatable bonds is 30. The summed E-state index contributed by atoms with van der Waals surface area (Å²) in [6.45, 7) is -1.14. The van der Waals surface area contributed by atoms with Gasteiger partial charge in [0.05, 0.1) is 106 Å². The van der Waals surface area contributed by atoms with E-state index in [0.717, 1.165) is 15.7 Å². The van der Waals surface area contributed by atoms with E-state index in [1.54, 1.807) is 95.3 Å². The maximum Gasteiger partial charge on any atom is 0.327 e. The molecule has 15 rings (SSSR count). The van der Waals surface area contributed by atoms with Gasteiger partial charge in [-0.05, 0) is 54.3 Å². The summed E-state index contributed by atoms with van der Waals surface area (Å²) in [5.41, 5.74) is -0.333. The lowest BCUT2D eigenvalue weighted by atomic mass is 10.1. The van der Waals surface area contributed by atoms with Crippen molar-refractivity contribution >= 4 is 146 Å². The third-order valence-electron chi connectivity index (χ3n) is 18.8. The number of amides is 4. The topological polar surface area (TPSA) is 688 Å². The van der Waals surface area contributed by atoms with E-state index >= 15 is 8.78 Å². The molecule has 2 aromatic carbocycles. The summed E-state index contributed by atoms with van der Waals surface area (Å²) in [6.07, 6.45) is -9.48. The van der Waals surface area contributed by atoms with Crippen LogP contribution in [0.2, 0.25) is 0 Å². The molecule has 4 aliphatic rings. The van der Waals surface area contributed by atoms with Crippen molar-refractivity contribution in [2.24, 2.45) is 11.8 Å². The number of aliphatic hydroxyl groups excluding tert-OH is 3. The van der Waals surface area contributed by atoms with Crippen molar-refractivity contribution in [2.45, 2.75) is 153 Å². The number of aromatic nitrogens is 19. The number of H-pyrrole nitrogens is 3. The number of aliphatic hydroxyl groups is 3. The predicted molar refractivity (Wildman–Crippen MR) is 449 cm³/mol. The molecule has 4 aliphatic heterocycles. The Balaban J connectivity index is 0.000000236. The standard InChI is InChI=1S/C34H38FN12O9PS.C33H36FN12O10PS.C5H5N.H3N.2HO2P/c1-4-21-25(22(35)33(55-21)47-27-23(44-45-47)26(37-15-38-27)40-30(50)18-9-6-5-7-10-18)56-57(58,52-12-8-11-36)53-14-19-13-20(48)32(54-19)46-16-39-24-28(46)41-34(43-31(24)51)42-29(49)17(2)3;1-16(2)28(49)41-33-40-27-23(30(51)42-33)38-15-45(27)31-19(48)11-18(54-31)13-53-57(58,52-10-6-9-35)56-24-20(12-47)55-32(21(24)34)46-26-22(43-44-46)25(36-14-37-26)39-29(50)17-7-4-3-5-8-17;1-2-4-6-5-3-1;;2*1-3-2/h5-7,9-10,15-17,19-22,25,32-33,48H,4,8,12-14H2,1-3H3,(H,37,38,40,50)(H2,41,42,43,49,51);3-5,7-8,14-16,18-21,24,31-32,47-48H,6,10-13H2,1-2H3,(H,36,37,39,50)(H2,40,41,42,49,51);1-5H;1H3;2*(H,1,2)/t19-,20-,21+,22-,25+,32+,33+,57?;18-,19-,20+,21-,24+,31+,32+,57?;;;;/m00..../s1. The van der Waals surface area contributed by atoms with Crippen molar-refractivity contribution in [1.82, 2.24) is 95.1 Å². The third kappa shape index (κ3) is 24.9. The molecule has 686 valence electrons. The number of nitriles is 2. The van der Waals surface area contributed by atoms with Crippen LogP contribution in [-0.2, 0) is 88.4 Å². The van der Waals surface area contributed by atoms with E-state index in [2.05, 4.69) is 96.7 Å². The number of nitrogens with zero attached hydrogens (tertiary/aromatic N) is 18. The van der Waals surface area contributed by atoms with Gasteiger partial charge in [-0.15, -0.1) is 10.2 Å². The fourth-order valence-electron chi connectivity index (χ4n) is 12.7. The van der Waals surface area contributed by atoms with Crippen LogP contribution in [0.4, 0.5) is 32.3 Å². The number of halogens is 2. The lowest BCUT2D eigenvalue weighted by Crippen LogP contribution is -2.34. The van der Waals surface area contributed by atoms with Crippen LogP contribution < -0.4 is 53.3 Å². The van der Waals surface area contributed by atoms with Crippen molar-refractivity contribution in [1.29, 1.82) is 10.5 Å². The number of carbonyl (C=O) groups excluding carboxylic acids is 4. The van der Waals surface area contributed by atoms with Gasteiger partial charge in [-0.3, -0.25) is 76.7 Å². The van der Waals surface area contributed by atoms with Gasteiger partial charge in [0.15, 0.2) is 106 Å². The minimum Gasteiger partial charge on any atom is -0.772 e. The Labute approximate surface area is 741 Å². The average Bonchev–Trinajstić information content (AvgIpc) is 1.57. The molecule has 11 aromatic rings. The van der Waals surface area contributed by atoms with Crippen molar-refractivity contribution in [2.75, 3.05) is 54.3 Å². The zero-order valence-electron chi connectivity index (χ0n) is 68.7. The first-order chi connectivity index (χ1) is 61.6. The summed E-state index contributed by atoms with van der Waals surface area (Å²) in [4.78, 5) is 134. The van der Waals surface area contributed by atoms with Crippen LogP contribution in [-0.4, -0.2) is 222 Å². The third-order valence-corrected chi connectivity index (χ3v) is 23.5. The fourth-order valence-corrected chi connectivity index (χ4v) is 17.0. The first kappa shape index (κ1) is 100.0. The maximum atomic E-state index is 16.6. The highest BCUT2D eigenvalue weighted by Crippen LogP contribution is 2.57. The summed E-state index contributed by atoms with van der Waals surface area (Å²) >= 11 is 11.4. The number of pyridine rings is 1. The van der Waals surface area contributed by atoms with Crippen LogP contribution >= 0.6 is 30.8 Å². The zero-order valence-corrected chi connectivity index (χ0v) is 73.9. The Morgan fingerprint density at radius 2 is 0.992 bits per heavy atom. The van der Waals surface area contributed by atoms with Gasteiger partial charge in [0, 0.05) is 47.9 Å². The Kier molecular flexibility index (Phi) is 36.3. The summed E-state index contributed by atoms with van der Waals surface area (Å²) in [5.74, 6) is -2.63. The number of ether oxygens (including phenoxy) is 4. The van der Waals surface area contributed by atoms with Gasteiger partial charge in [-0.1, -0.05) is 87.5 Å². The number of benzene rings is 2. The van der Waals surface area contributed by atoms with Gasteiger partial charge >= 0.3 is 13.4 Å². The SMILES string of the molecule is CC(C)C(=O)Nc1nc2c(ncn2[C@@H]2O[C@H](COP(=S)(OCCC#N)O[C@H]3[C@H](F)[C@H](n4nnc5c(NC(=O)c6ccccc6)ncnc54)O[C@@H]3CO)C[C@@H]2O)c(=O)[nH]1.CC[C@H]1O[C@@H](n2nnc3c(NC(=O)c4ccccc4)ncnc32)[C@@H](F)[C@@H]1OP(=S)(OCCC#N)OC[C@@H]1C[C@H](O)[C@H](n2cnc3c(=O)[nH]c(NC(=O)C(C)C)nc32)O1.O=P[O-].O=P[O-].[NH4+].c1cc[nH+]cc1. The number of alkyl halides is 2. The quantitative estimate of drug-likeness (QED) is 0.0216. The molecule has 4 fully saturated rings. The highest BCUT2D eigenvalue weighted by molar-refractivity contribution is 8.07. The van der Waals surface area contributed by atoms with Crippen LogP contribution in [0.15, 0.2) is 126 Å². The Hall–Kier alpha value is -11.2. The molecule has 0 bridgehead atoms. The Morgan fingerprint density at radius 3 is 1.36 bits per heavy atom. The van der Waals surface area contributed by atoms with Crippen molar-refractivity contribution < 1.29 is 113 Å². The van der Waals surface area contributed by atoms with Gasteiger partial charge in [-0.2, -0.15) is 29.9 Å². The van der Waals surface area contributed by atoms with Crippen LogP contribution in [0.5, 0.6) is 0 Å². The molecule has 4 saturated heterocycles. The minimum absolute atomic E-state index is 0. The molecular weight excluding hydrogens is 1820 g/mol. The molecule has 4 amide bonds. The number of aromatic amines is 3. The van der Waals surface area contributed by atoms with Crippen LogP contribution in [0.25, 0.3) is 44.7 Å². The van der Waals surface area contributed by atoms with Gasteiger partial charge in [0.25, 0.3) is 22.9 Å². The number of carbonyl (C=O) groups is 4. The molecule has 129 heavy (non-hydrogen) atoms. The van der Waals surface area contributed by atoms with E-state index < -0.39 is 152 Å². The molecule has 14 N–H and O–H groups in total. The fraction of sp³-hybridized carbons (Fsp3) is 0.431. The van der Waals surface area contributed by atoms with E-state index in [9.17, 15) is 49.3 Å². The lowest BCUT2D eigenvalue weighted by Gasteiger charge is -2.28. The number of fused-ring (bicyclic) bond motifs is 4. The average molecular weight is 1910 g/mol. The lowest BCUT2D eigenvalue weighted by molar-refractivity contribution is -0.378. The number of anilines is 4. The van der Waals surface area contributed by atoms with Gasteiger partial charge < -0.3 is 78.9 Å². The normalized spacial score (nSPS) is 22.5. The number of hydrogen-bond donors (Lipinski definition) is 10. The molecule has 0 spiro atoms. The molecule has 57 heteroatoms. The molecule has 0 saturated carbocycles. The molecule has 9 aromatic heterocycles. The van der Waals surface area contributed by atoms with Crippen molar-refractivity contribution in [3.63, 3.8) is 0 Å². The van der Waals surface area contributed by atoms with E-state index in [-0.39, 0.29) is 151 Å². The largest absolute Gasteiger partial charge is 0.772 e. The van der Waals surface area contributed by atoms with E-state index in [1.165, 1.54) is 28.1 Å². The number of nitrogens with one attached hydrogen (secondary N) is 7. The molecule has 0 radical (unpaired) electrons. The maximum absolute atomic E-state index is 16.6. The smallest absolute Gasteiger partial charge is 0.327 e. The zero-order chi connectivity index (χ0) is 91.9. The summed E-state index contributed by atoms with van der Waals surface area (Å²) in [5, 5.41) is 77.3. The van der Waals surface area contributed by atoms with Gasteiger partial charge in [0.2, 0.25) is 23.7 Å². The number of quaternary nitrogens is 1. The monoisotopic (exact) mass is 1910 g/mol. The predicted octanol–water partition coefficient (Wildman–Crippen LogP) is 4.67. The van der Waals surface area contributed by atoms with Crippen LogP contribution in [0.3, 0.4) is 0 Å².